The normalized spacial score (nSPS) is 14.5. The topological polar surface area (TPSA) is 70.1 Å². The van der Waals surface area contributed by atoms with Gasteiger partial charge in [0.1, 0.15) is 11.5 Å². The van der Waals surface area contributed by atoms with Crippen LogP contribution in [0.25, 0.3) is 0 Å². The van der Waals surface area contributed by atoms with Crippen molar-refractivity contribution in [2.45, 2.75) is 33.1 Å². The number of hydrogen-bond donors (Lipinski definition) is 1. The maximum Gasteiger partial charge on any atom is 0.260 e. The van der Waals surface area contributed by atoms with E-state index in [1.807, 2.05) is 19.1 Å². The molecule has 0 saturated carbocycles. The van der Waals surface area contributed by atoms with E-state index in [9.17, 15) is 14.7 Å². The van der Waals surface area contributed by atoms with Crippen LogP contribution in [0.2, 0.25) is 0 Å². The molecule has 6 heteroatoms. The number of carbonyl (C=O) groups excluding carboxylic acids is 2. The lowest BCUT2D eigenvalue weighted by Crippen LogP contribution is -2.51. The van der Waals surface area contributed by atoms with E-state index < -0.39 is 0 Å². The molecule has 160 valence electrons. The van der Waals surface area contributed by atoms with Crippen LogP contribution in [-0.2, 0) is 10.2 Å². The second kappa shape index (κ2) is 8.78. The van der Waals surface area contributed by atoms with Gasteiger partial charge >= 0.3 is 0 Å². The lowest BCUT2D eigenvalue weighted by Gasteiger charge is -2.35. The summed E-state index contributed by atoms with van der Waals surface area (Å²) in [5, 5.41) is 9.90. The Hall–Kier alpha value is -3.02. The highest BCUT2D eigenvalue weighted by atomic mass is 16.5. The van der Waals surface area contributed by atoms with E-state index in [2.05, 4.69) is 26.8 Å². The summed E-state index contributed by atoms with van der Waals surface area (Å²) in [6.45, 7) is 10.1. The molecule has 0 spiro atoms. The molecule has 0 aliphatic carbocycles. The Morgan fingerprint density at radius 1 is 1.00 bits per heavy atom. The van der Waals surface area contributed by atoms with Crippen LogP contribution < -0.4 is 4.74 Å². The zero-order valence-corrected chi connectivity index (χ0v) is 18.1. The van der Waals surface area contributed by atoms with Gasteiger partial charge in [-0.2, -0.15) is 0 Å². The number of piperazine rings is 1. The first-order valence-corrected chi connectivity index (χ1v) is 10.3. The highest BCUT2D eigenvalue weighted by Crippen LogP contribution is 2.32. The fourth-order valence-electron chi connectivity index (χ4n) is 3.57. The van der Waals surface area contributed by atoms with E-state index in [0.717, 1.165) is 16.9 Å². The molecule has 2 amide bonds. The van der Waals surface area contributed by atoms with Gasteiger partial charge in [-0.25, -0.2) is 0 Å². The van der Waals surface area contributed by atoms with Crippen LogP contribution in [0.1, 0.15) is 42.3 Å². The van der Waals surface area contributed by atoms with Crippen LogP contribution in [0.3, 0.4) is 0 Å². The van der Waals surface area contributed by atoms with E-state index >= 15 is 0 Å². The number of phenols is 1. The molecule has 1 aliphatic rings. The molecule has 3 rings (SSSR count). The first-order chi connectivity index (χ1) is 14.2. The highest BCUT2D eigenvalue weighted by Gasteiger charge is 2.27. The Kier molecular flexibility index (Phi) is 6.34. The van der Waals surface area contributed by atoms with Gasteiger partial charge in [0, 0.05) is 26.2 Å². The number of aryl methyl sites for hydroxylation is 1. The molecule has 0 radical (unpaired) electrons. The second-order valence-electron chi connectivity index (χ2n) is 8.73. The number of aromatic hydroxyl groups is 1. The third-order valence-corrected chi connectivity index (χ3v) is 5.35. The van der Waals surface area contributed by atoms with Crippen LogP contribution in [0.5, 0.6) is 11.5 Å². The van der Waals surface area contributed by atoms with Crippen molar-refractivity contribution in [2.24, 2.45) is 0 Å². The summed E-state index contributed by atoms with van der Waals surface area (Å²) in [5.74, 6) is 0.396. The quantitative estimate of drug-likeness (QED) is 0.839. The van der Waals surface area contributed by atoms with Crippen molar-refractivity contribution in [3.8, 4) is 11.5 Å². The van der Waals surface area contributed by atoms with Crippen molar-refractivity contribution >= 4 is 11.8 Å². The minimum Gasteiger partial charge on any atom is -0.507 e. The minimum absolute atomic E-state index is 0.0258. The summed E-state index contributed by atoms with van der Waals surface area (Å²) < 4.78 is 5.89. The van der Waals surface area contributed by atoms with Gasteiger partial charge in [0.05, 0.1) is 5.56 Å². The van der Waals surface area contributed by atoms with Crippen LogP contribution in [-0.4, -0.2) is 59.5 Å². The van der Waals surface area contributed by atoms with E-state index in [1.165, 1.54) is 6.07 Å². The Morgan fingerprint density at radius 3 is 2.27 bits per heavy atom. The standard InChI is InChI=1S/C24H30N2O4/c1-17-9-10-21(19(15-17)24(2,3)4)30-16-22(28)25-11-13-26(14-12-25)23(29)18-7-5-6-8-20(18)27/h5-10,15,27H,11-14,16H2,1-4H3. The molecule has 1 fully saturated rings. The Labute approximate surface area is 178 Å². The van der Waals surface area contributed by atoms with Crippen molar-refractivity contribution in [1.82, 2.24) is 9.80 Å². The van der Waals surface area contributed by atoms with Crippen molar-refractivity contribution in [1.29, 1.82) is 0 Å². The first kappa shape index (κ1) is 21.7. The third-order valence-electron chi connectivity index (χ3n) is 5.35. The molecule has 0 atom stereocenters. The van der Waals surface area contributed by atoms with Gasteiger partial charge in [-0.05, 0) is 36.1 Å². The van der Waals surface area contributed by atoms with Gasteiger partial charge < -0.3 is 19.6 Å². The maximum atomic E-state index is 12.7. The van der Waals surface area contributed by atoms with Gasteiger partial charge in [-0.1, -0.05) is 50.6 Å². The Bertz CT molecular complexity index is 925. The monoisotopic (exact) mass is 410 g/mol. The molecular formula is C24H30N2O4. The first-order valence-electron chi connectivity index (χ1n) is 10.3. The predicted molar refractivity (Wildman–Crippen MR) is 116 cm³/mol. The summed E-state index contributed by atoms with van der Waals surface area (Å²) in [6, 6.07) is 12.5. The average molecular weight is 411 g/mol. The fourth-order valence-corrected chi connectivity index (χ4v) is 3.57. The molecule has 2 aromatic rings. The number of phenolic OH excluding ortho intramolecular Hbond substituents is 1. The lowest BCUT2D eigenvalue weighted by molar-refractivity contribution is -0.134. The van der Waals surface area contributed by atoms with Crippen LogP contribution in [0, 0.1) is 6.92 Å². The van der Waals surface area contributed by atoms with Crippen molar-refractivity contribution in [3.63, 3.8) is 0 Å². The molecular weight excluding hydrogens is 380 g/mol. The number of nitrogens with zero attached hydrogens (tertiary/aromatic N) is 2. The SMILES string of the molecule is Cc1ccc(OCC(=O)N2CCN(C(=O)c3ccccc3O)CC2)c(C(C)(C)C)c1. The van der Waals surface area contributed by atoms with Crippen molar-refractivity contribution in [3.05, 3.63) is 59.2 Å². The number of carbonyl (C=O) groups is 2. The van der Waals surface area contributed by atoms with Gasteiger partial charge in [0.2, 0.25) is 0 Å². The van der Waals surface area contributed by atoms with Gasteiger partial charge in [-0.3, -0.25) is 9.59 Å². The smallest absolute Gasteiger partial charge is 0.260 e. The number of amides is 2. The summed E-state index contributed by atoms with van der Waals surface area (Å²) in [6.07, 6.45) is 0. The number of hydrogen-bond acceptors (Lipinski definition) is 4. The molecule has 1 heterocycles. The van der Waals surface area contributed by atoms with Crippen LogP contribution in [0.15, 0.2) is 42.5 Å². The molecule has 1 saturated heterocycles. The molecule has 6 nitrogen and oxygen atoms in total. The van der Waals surface area contributed by atoms with Gasteiger partial charge in [-0.15, -0.1) is 0 Å². The van der Waals surface area contributed by atoms with Gasteiger partial charge in [0.15, 0.2) is 6.61 Å². The molecule has 1 N–H and O–H groups in total. The number of benzene rings is 2. The number of para-hydroxylation sites is 1. The fraction of sp³-hybridized carbons (Fsp3) is 0.417. The zero-order chi connectivity index (χ0) is 21.9. The molecule has 0 unspecified atom stereocenters. The van der Waals surface area contributed by atoms with E-state index in [-0.39, 0.29) is 35.1 Å². The summed E-state index contributed by atoms with van der Waals surface area (Å²) >= 11 is 0. The molecule has 0 aromatic heterocycles. The van der Waals surface area contributed by atoms with E-state index in [1.54, 1.807) is 28.0 Å². The largest absolute Gasteiger partial charge is 0.507 e. The van der Waals surface area contributed by atoms with E-state index in [0.29, 0.717) is 26.2 Å². The highest BCUT2D eigenvalue weighted by molar-refractivity contribution is 5.97. The second-order valence-corrected chi connectivity index (χ2v) is 8.73. The van der Waals surface area contributed by atoms with Crippen molar-refractivity contribution in [2.75, 3.05) is 32.8 Å². The molecule has 2 aromatic carbocycles. The number of rotatable bonds is 4. The third kappa shape index (κ3) is 4.93. The predicted octanol–water partition coefficient (Wildman–Crippen LogP) is 3.36. The van der Waals surface area contributed by atoms with Gasteiger partial charge in [0.25, 0.3) is 11.8 Å². The minimum atomic E-state index is -0.217. The van der Waals surface area contributed by atoms with E-state index in [4.69, 9.17) is 4.74 Å². The van der Waals surface area contributed by atoms with Crippen LogP contribution in [0.4, 0.5) is 0 Å². The summed E-state index contributed by atoms with van der Waals surface area (Å²) in [5.41, 5.74) is 2.44. The Morgan fingerprint density at radius 2 is 1.63 bits per heavy atom. The lowest BCUT2D eigenvalue weighted by atomic mass is 9.85. The van der Waals surface area contributed by atoms with Crippen LogP contribution >= 0.6 is 0 Å². The summed E-state index contributed by atoms with van der Waals surface area (Å²) in [4.78, 5) is 28.6. The number of ether oxygens (including phenoxy) is 1. The molecule has 1 aliphatic heterocycles. The molecule has 0 bridgehead atoms. The van der Waals surface area contributed by atoms with Crippen molar-refractivity contribution < 1.29 is 19.4 Å². The summed E-state index contributed by atoms with van der Waals surface area (Å²) in [7, 11) is 0. The Balaban J connectivity index is 1.57. The zero-order valence-electron chi connectivity index (χ0n) is 18.1. The maximum absolute atomic E-state index is 12.7. The molecule has 30 heavy (non-hydrogen) atoms. The average Bonchev–Trinajstić information content (AvgIpc) is 2.72.